The molecular formula is C40H38FN5O4. The number of carbonyl (C=O) groups is 2. The molecule has 1 saturated heterocycles. The number of amides is 1. The fraction of sp³-hybridized carbons (Fsp3) is 0.200. The molecule has 1 atom stereocenters. The van der Waals surface area contributed by atoms with Gasteiger partial charge in [-0.15, -0.1) is 0 Å². The predicted octanol–water partition coefficient (Wildman–Crippen LogP) is 6.73. The maximum Gasteiger partial charge on any atom is 0.332 e. The van der Waals surface area contributed by atoms with Crippen molar-refractivity contribution in [3.63, 3.8) is 0 Å². The molecule has 1 aromatic heterocycles. The van der Waals surface area contributed by atoms with Crippen LogP contribution in [-0.4, -0.2) is 63.5 Å². The molecule has 0 aliphatic carbocycles. The van der Waals surface area contributed by atoms with E-state index in [1.54, 1.807) is 30.3 Å². The number of nitrogens with zero attached hydrogens (tertiary/aromatic N) is 2. The number of aliphatic hydroxyl groups excluding tert-OH is 1. The van der Waals surface area contributed by atoms with Gasteiger partial charge in [0.15, 0.2) is 6.10 Å². The van der Waals surface area contributed by atoms with Crippen LogP contribution in [0.15, 0.2) is 103 Å². The first-order valence-electron chi connectivity index (χ1n) is 16.6. The number of H-pyrrole nitrogens is 1. The minimum atomic E-state index is -1.64. The fourth-order valence-electron chi connectivity index (χ4n) is 5.93. The van der Waals surface area contributed by atoms with Crippen molar-refractivity contribution in [3.05, 3.63) is 126 Å². The van der Waals surface area contributed by atoms with E-state index >= 15 is 0 Å². The Balaban J connectivity index is 1.21. The van der Waals surface area contributed by atoms with Crippen molar-refractivity contribution in [2.45, 2.75) is 31.8 Å². The number of carboxylic acids is 1. The average Bonchev–Trinajstić information content (AvgIpc) is 3.84. The van der Waals surface area contributed by atoms with E-state index < -0.39 is 12.1 Å². The van der Waals surface area contributed by atoms with Gasteiger partial charge in [-0.1, -0.05) is 60.7 Å². The molecule has 6 rings (SSSR count). The molecule has 2 heterocycles. The maximum absolute atomic E-state index is 13.1. The third-order valence-electron chi connectivity index (χ3n) is 8.76. The average molecular weight is 672 g/mol. The highest BCUT2D eigenvalue weighted by Crippen LogP contribution is 2.34. The first kappa shape index (κ1) is 34.0. The van der Waals surface area contributed by atoms with Crippen molar-refractivity contribution in [3.8, 4) is 33.9 Å². The van der Waals surface area contributed by atoms with Crippen LogP contribution in [0.2, 0.25) is 0 Å². The van der Waals surface area contributed by atoms with E-state index in [9.17, 15) is 19.1 Å². The van der Waals surface area contributed by atoms with Crippen LogP contribution in [0, 0.1) is 11.2 Å². The Morgan fingerprint density at radius 1 is 0.900 bits per heavy atom. The molecule has 0 radical (unpaired) electrons. The number of anilines is 1. The topological polar surface area (TPSA) is 142 Å². The number of aliphatic carboxylic acids is 1. The smallest absolute Gasteiger partial charge is 0.332 e. The predicted molar refractivity (Wildman–Crippen MR) is 194 cm³/mol. The Bertz CT molecular complexity index is 1980. The van der Waals surface area contributed by atoms with Crippen LogP contribution in [0.3, 0.4) is 0 Å². The molecule has 1 aliphatic heterocycles. The van der Waals surface area contributed by atoms with E-state index in [-0.39, 0.29) is 23.9 Å². The van der Waals surface area contributed by atoms with Crippen LogP contribution in [0.1, 0.15) is 36.0 Å². The quantitative estimate of drug-likeness (QED) is 0.0695. The summed E-state index contributed by atoms with van der Waals surface area (Å²) in [6, 6.07) is 29.5. The standard InChI is InChI=1S/C40H38FN5O4/c41-32-16-5-27(6-17-32)21-22-43-36(48)20-7-26-3-8-29(9-4-26)37-38(30-12-10-28(11-13-30)34(42)25-35(47)40(49)50)45-39(44-37)31-14-18-33(19-15-31)46-23-1-2-24-46/h3-20,35,42,47H,1-2,21-25H2,(H,43,48)(H,44,45)(H,49,50)/b20-7+,42-34?. The minimum absolute atomic E-state index is 0.0256. The van der Waals surface area contributed by atoms with E-state index in [4.69, 9.17) is 15.5 Å². The van der Waals surface area contributed by atoms with Gasteiger partial charge in [-0.3, -0.25) is 4.79 Å². The molecule has 9 nitrogen and oxygen atoms in total. The van der Waals surface area contributed by atoms with Crippen molar-refractivity contribution < 1.29 is 24.2 Å². The second-order valence-electron chi connectivity index (χ2n) is 12.3. The van der Waals surface area contributed by atoms with Crippen LogP contribution >= 0.6 is 0 Å². The van der Waals surface area contributed by atoms with Gasteiger partial charge in [0.2, 0.25) is 5.91 Å². The molecule has 0 saturated carbocycles. The molecule has 1 unspecified atom stereocenters. The molecule has 5 N–H and O–H groups in total. The zero-order valence-electron chi connectivity index (χ0n) is 27.4. The highest BCUT2D eigenvalue weighted by molar-refractivity contribution is 6.00. The van der Waals surface area contributed by atoms with Crippen LogP contribution in [0.4, 0.5) is 10.1 Å². The van der Waals surface area contributed by atoms with Gasteiger partial charge in [-0.25, -0.2) is 14.2 Å². The van der Waals surface area contributed by atoms with Gasteiger partial charge in [0.1, 0.15) is 11.6 Å². The zero-order chi connectivity index (χ0) is 35.0. The summed E-state index contributed by atoms with van der Waals surface area (Å²) >= 11 is 0. The van der Waals surface area contributed by atoms with Gasteiger partial charge in [0.25, 0.3) is 0 Å². The van der Waals surface area contributed by atoms with E-state index in [0.29, 0.717) is 30.0 Å². The number of benzene rings is 4. The Hall–Kier alpha value is -5.87. The summed E-state index contributed by atoms with van der Waals surface area (Å²) in [5, 5.41) is 29.9. The number of rotatable bonds is 13. The summed E-state index contributed by atoms with van der Waals surface area (Å²) < 4.78 is 13.1. The first-order chi connectivity index (χ1) is 24.2. The molecule has 254 valence electrons. The Morgan fingerprint density at radius 3 is 2.20 bits per heavy atom. The van der Waals surface area contributed by atoms with Crippen molar-refractivity contribution >= 4 is 29.4 Å². The van der Waals surface area contributed by atoms with Crippen molar-refractivity contribution in [1.82, 2.24) is 15.3 Å². The summed E-state index contributed by atoms with van der Waals surface area (Å²) in [5.74, 6) is -1.17. The Kier molecular flexibility index (Phi) is 10.6. The maximum atomic E-state index is 13.1. The first-order valence-corrected chi connectivity index (χ1v) is 16.6. The number of carboxylic acid groups (broad SMARTS) is 1. The lowest BCUT2D eigenvalue weighted by Crippen LogP contribution is -2.23. The molecule has 0 spiro atoms. The van der Waals surface area contributed by atoms with Gasteiger partial charge < -0.3 is 30.8 Å². The lowest BCUT2D eigenvalue weighted by atomic mass is 9.99. The number of aliphatic hydroxyl groups is 1. The summed E-state index contributed by atoms with van der Waals surface area (Å²) in [6.45, 7) is 2.56. The van der Waals surface area contributed by atoms with Gasteiger partial charge in [0, 0.05) is 60.2 Å². The normalized spacial score (nSPS) is 13.4. The lowest BCUT2D eigenvalue weighted by molar-refractivity contribution is -0.146. The highest BCUT2D eigenvalue weighted by atomic mass is 19.1. The molecule has 4 aromatic carbocycles. The third kappa shape index (κ3) is 8.40. The highest BCUT2D eigenvalue weighted by Gasteiger charge is 2.19. The Morgan fingerprint density at radius 2 is 1.54 bits per heavy atom. The number of halogens is 1. The zero-order valence-corrected chi connectivity index (χ0v) is 27.4. The minimum Gasteiger partial charge on any atom is -0.479 e. The molecule has 50 heavy (non-hydrogen) atoms. The van der Waals surface area contributed by atoms with Gasteiger partial charge in [0.05, 0.1) is 11.4 Å². The summed E-state index contributed by atoms with van der Waals surface area (Å²) in [5.41, 5.74) is 7.63. The van der Waals surface area contributed by atoms with Crippen molar-refractivity contribution in [2.24, 2.45) is 0 Å². The van der Waals surface area contributed by atoms with E-state index in [1.807, 2.05) is 36.4 Å². The SMILES string of the molecule is N=C(CC(O)C(=O)O)c1ccc(-c2nc(-c3ccc(N4CCCC4)cc3)[nH]c2-c2ccc(/C=C/C(=O)NCCc3ccc(F)cc3)cc2)cc1. The summed E-state index contributed by atoms with van der Waals surface area (Å²) in [4.78, 5) is 34.4. The number of aromatic nitrogens is 2. The van der Waals surface area contributed by atoms with Crippen molar-refractivity contribution in [2.75, 3.05) is 24.5 Å². The molecule has 0 bridgehead atoms. The number of imidazole rings is 1. The van der Waals surface area contributed by atoms with Gasteiger partial charge in [-0.05, 0) is 78.4 Å². The number of hydrogen-bond acceptors (Lipinski definition) is 6. The number of carbonyl (C=O) groups excluding carboxylic acids is 1. The monoisotopic (exact) mass is 671 g/mol. The second-order valence-corrected chi connectivity index (χ2v) is 12.3. The number of hydrogen-bond donors (Lipinski definition) is 5. The molecular weight excluding hydrogens is 633 g/mol. The third-order valence-corrected chi connectivity index (χ3v) is 8.76. The molecule has 10 heteroatoms. The number of nitrogens with one attached hydrogen (secondary N) is 3. The molecule has 1 amide bonds. The van der Waals surface area contributed by atoms with E-state index in [0.717, 1.165) is 46.6 Å². The lowest BCUT2D eigenvalue weighted by Gasteiger charge is -2.17. The fourth-order valence-corrected chi connectivity index (χ4v) is 5.93. The molecule has 5 aromatic rings. The van der Waals surface area contributed by atoms with Crippen LogP contribution < -0.4 is 10.2 Å². The van der Waals surface area contributed by atoms with Crippen LogP contribution in [0.5, 0.6) is 0 Å². The van der Waals surface area contributed by atoms with Crippen LogP contribution in [0.25, 0.3) is 40.0 Å². The Labute approximate surface area is 289 Å². The molecule has 1 aliphatic rings. The van der Waals surface area contributed by atoms with Crippen LogP contribution in [-0.2, 0) is 16.0 Å². The molecule has 1 fully saturated rings. The summed E-state index contributed by atoms with van der Waals surface area (Å²) in [6.07, 6.45) is 4.30. The van der Waals surface area contributed by atoms with Gasteiger partial charge >= 0.3 is 5.97 Å². The van der Waals surface area contributed by atoms with E-state index in [1.165, 1.54) is 36.7 Å². The largest absolute Gasteiger partial charge is 0.479 e. The van der Waals surface area contributed by atoms with Crippen molar-refractivity contribution in [1.29, 1.82) is 5.41 Å². The summed E-state index contributed by atoms with van der Waals surface area (Å²) in [7, 11) is 0. The van der Waals surface area contributed by atoms with Gasteiger partial charge in [-0.2, -0.15) is 0 Å². The second kappa shape index (κ2) is 15.6. The number of aromatic amines is 1. The van der Waals surface area contributed by atoms with E-state index in [2.05, 4.69) is 39.5 Å².